The number of sulfone groups is 1. The molecule has 1 saturated heterocycles. The van der Waals surface area contributed by atoms with Crippen LogP contribution in [-0.4, -0.2) is 68.4 Å². The van der Waals surface area contributed by atoms with Gasteiger partial charge in [-0.2, -0.15) is 0 Å². The van der Waals surface area contributed by atoms with E-state index in [1.165, 1.54) is 32.1 Å². The predicted octanol–water partition coefficient (Wildman–Crippen LogP) is 1.55. The maximum Gasteiger partial charge on any atom is 0.220 e. The van der Waals surface area contributed by atoms with Crippen LogP contribution in [0, 0.1) is 5.92 Å². The molecule has 2 fully saturated rings. The number of aliphatic imine (C=N–C) groups is 1. The number of carbonyl (C=O) groups excluding carboxylic acids is 1. The highest BCUT2D eigenvalue weighted by Crippen LogP contribution is 2.26. The Kier molecular flexibility index (Phi) is 7.94. The lowest BCUT2D eigenvalue weighted by Crippen LogP contribution is -2.57. The molecule has 0 unspecified atom stereocenters. The van der Waals surface area contributed by atoms with Crippen LogP contribution in [0.5, 0.6) is 0 Å². The Morgan fingerprint density at radius 2 is 1.89 bits per heavy atom. The fourth-order valence-corrected chi connectivity index (χ4v) is 5.20. The molecule has 7 nitrogen and oxygen atoms in total. The summed E-state index contributed by atoms with van der Waals surface area (Å²) in [7, 11) is -3.07. The van der Waals surface area contributed by atoms with E-state index in [0.29, 0.717) is 38.5 Å². The van der Waals surface area contributed by atoms with Crippen molar-refractivity contribution in [1.29, 1.82) is 0 Å². The van der Waals surface area contributed by atoms with Crippen molar-refractivity contribution in [3.05, 3.63) is 0 Å². The van der Waals surface area contributed by atoms with Gasteiger partial charge < -0.3 is 15.5 Å². The molecule has 2 N–H and O–H groups in total. The van der Waals surface area contributed by atoms with Gasteiger partial charge in [0.1, 0.15) is 0 Å². The van der Waals surface area contributed by atoms with Gasteiger partial charge in [0.25, 0.3) is 0 Å². The second-order valence-electron chi connectivity index (χ2n) is 8.29. The van der Waals surface area contributed by atoms with Crippen molar-refractivity contribution < 1.29 is 13.2 Å². The Balaban J connectivity index is 1.82. The molecule has 0 bridgehead atoms. The van der Waals surface area contributed by atoms with Crippen molar-refractivity contribution in [2.24, 2.45) is 10.9 Å². The summed E-state index contributed by atoms with van der Waals surface area (Å²) in [4.78, 5) is 18.7. The number of rotatable bonds is 6. The van der Waals surface area contributed by atoms with Crippen molar-refractivity contribution in [2.45, 2.75) is 64.0 Å². The van der Waals surface area contributed by atoms with Gasteiger partial charge in [0, 0.05) is 32.6 Å². The first kappa shape index (κ1) is 22.0. The quantitative estimate of drug-likeness (QED) is 0.401. The highest BCUT2D eigenvalue weighted by atomic mass is 32.2. The van der Waals surface area contributed by atoms with Crippen molar-refractivity contribution in [1.82, 2.24) is 15.5 Å². The molecule has 0 aromatic heterocycles. The minimum Gasteiger partial charge on any atom is -0.357 e. The van der Waals surface area contributed by atoms with E-state index in [-0.39, 0.29) is 11.7 Å². The molecule has 0 aromatic rings. The number of hydrogen-bond acceptors (Lipinski definition) is 4. The third-order valence-electron chi connectivity index (χ3n) is 5.57. The zero-order chi connectivity index (χ0) is 19.9. The Morgan fingerprint density at radius 3 is 2.52 bits per heavy atom. The predicted molar refractivity (Wildman–Crippen MR) is 110 cm³/mol. The summed E-state index contributed by atoms with van der Waals surface area (Å²) in [5, 5.41) is 6.21. The van der Waals surface area contributed by atoms with E-state index in [1.807, 2.05) is 11.8 Å². The summed E-state index contributed by atoms with van der Waals surface area (Å²) in [5.74, 6) is 1.52. The third kappa shape index (κ3) is 6.36. The minimum absolute atomic E-state index is 0.118. The molecule has 1 aliphatic heterocycles. The van der Waals surface area contributed by atoms with Crippen molar-refractivity contribution in [3.8, 4) is 0 Å². The van der Waals surface area contributed by atoms with Gasteiger partial charge >= 0.3 is 0 Å². The van der Waals surface area contributed by atoms with Crippen LogP contribution in [0.25, 0.3) is 0 Å². The molecular weight excluding hydrogens is 364 g/mol. The van der Waals surface area contributed by atoms with Gasteiger partial charge in [-0.05, 0) is 39.5 Å². The van der Waals surface area contributed by atoms with Crippen molar-refractivity contribution in [3.63, 3.8) is 0 Å². The molecule has 0 atom stereocenters. The third-order valence-corrected chi connectivity index (χ3v) is 8.11. The average Bonchev–Trinajstić information content (AvgIpc) is 2.61. The van der Waals surface area contributed by atoms with Gasteiger partial charge in [0.15, 0.2) is 15.8 Å². The van der Waals surface area contributed by atoms with E-state index in [1.54, 1.807) is 13.8 Å². The van der Waals surface area contributed by atoms with Crippen LogP contribution in [-0.2, 0) is 14.6 Å². The fraction of sp³-hybridized carbons (Fsp3) is 0.895. The SMILES string of the molecule is CCNC(=NCCNC(=O)CC1CCCCC1)N1CCS(=O)(=O)C(C)(C)C1. The highest BCUT2D eigenvalue weighted by molar-refractivity contribution is 7.92. The maximum atomic E-state index is 12.2. The maximum absolute atomic E-state index is 12.2. The molecule has 0 aromatic carbocycles. The molecule has 1 aliphatic carbocycles. The van der Waals surface area contributed by atoms with Crippen LogP contribution >= 0.6 is 0 Å². The fourth-order valence-electron chi connectivity index (χ4n) is 3.83. The van der Waals surface area contributed by atoms with E-state index in [9.17, 15) is 13.2 Å². The first-order valence-corrected chi connectivity index (χ1v) is 11.9. The Labute approximate surface area is 164 Å². The van der Waals surface area contributed by atoms with E-state index in [4.69, 9.17) is 0 Å². The number of nitrogens with one attached hydrogen (secondary N) is 2. The molecule has 1 heterocycles. The summed E-state index contributed by atoms with van der Waals surface area (Å²) in [6, 6.07) is 0. The van der Waals surface area contributed by atoms with Crippen LogP contribution in [0.15, 0.2) is 4.99 Å². The smallest absolute Gasteiger partial charge is 0.220 e. The lowest BCUT2D eigenvalue weighted by Gasteiger charge is -2.39. The summed E-state index contributed by atoms with van der Waals surface area (Å²) in [5.41, 5.74) is 0. The normalized spacial score (nSPS) is 23.1. The Hall–Kier alpha value is -1.31. The second kappa shape index (κ2) is 9.75. The van der Waals surface area contributed by atoms with Crippen LogP contribution in [0.3, 0.4) is 0 Å². The molecule has 2 aliphatic rings. The molecule has 0 radical (unpaired) electrons. The van der Waals surface area contributed by atoms with Gasteiger partial charge in [-0.3, -0.25) is 9.79 Å². The molecule has 0 spiro atoms. The first-order chi connectivity index (χ1) is 12.7. The van der Waals surface area contributed by atoms with Gasteiger partial charge in [0.2, 0.25) is 5.91 Å². The second-order valence-corrected chi connectivity index (χ2v) is 11.0. The van der Waals surface area contributed by atoms with Crippen LogP contribution < -0.4 is 10.6 Å². The number of nitrogens with zero attached hydrogens (tertiary/aromatic N) is 2. The zero-order valence-electron chi connectivity index (χ0n) is 17.1. The van der Waals surface area contributed by atoms with Gasteiger partial charge in [-0.1, -0.05) is 19.3 Å². The summed E-state index contributed by atoms with van der Waals surface area (Å²) in [6.45, 7) is 8.12. The largest absolute Gasteiger partial charge is 0.357 e. The molecule has 27 heavy (non-hydrogen) atoms. The van der Waals surface area contributed by atoms with Crippen LogP contribution in [0.1, 0.15) is 59.3 Å². The van der Waals surface area contributed by atoms with E-state index in [2.05, 4.69) is 15.6 Å². The molecular formula is C19H36N4O3S. The molecule has 1 amide bonds. The minimum atomic E-state index is -3.07. The number of carbonyl (C=O) groups is 1. The monoisotopic (exact) mass is 400 g/mol. The van der Waals surface area contributed by atoms with Gasteiger partial charge in [-0.15, -0.1) is 0 Å². The van der Waals surface area contributed by atoms with Crippen LogP contribution in [0.2, 0.25) is 0 Å². The topological polar surface area (TPSA) is 90.9 Å². The van der Waals surface area contributed by atoms with Crippen molar-refractivity contribution in [2.75, 3.05) is 38.5 Å². The van der Waals surface area contributed by atoms with E-state index in [0.717, 1.165) is 12.5 Å². The van der Waals surface area contributed by atoms with Crippen molar-refractivity contribution >= 4 is 21.7 Å². The highest BCUT2D eigenvalue weighted by Gasteiger charge is 2.40. The van der Waals surface area contributed by atoms with Gasteiger partial charge in [0.05, 0.1) is 17.0 Å². The standard InChI is InChI=1S/C19H36N4O3S/c1-4-20-18(23-12-13-27(25,26)19(2,3)15-23)22-11-10-21-17(24)14-16-8-6-5-7-9-16/h16H,4-15H2,1-3H3,(H,20,22)(H,21,24). The van der Waals surface area contributed by atoms with E-state index < -0.39 is 14.6 Å². The molecule has 156 valence electrons. The van der Waals surface area contributed by atoms with Gasteiger partial charge in [-0.25, -0.2) is 8.42 Å². The summed E-state index contributed by atoms with van der Waals surface area (Å²) >= 11 is 0. The first-order valence-electron chi connectivity index (χ1n) is 10.3. The summed E-state index contributed by atoms with van der Waals surface area (Å²) < 4.78 is 23.6. The zero-order valence-corrected chi connectivity index (χ0v) is 17.9. The summed E-state index contributed by atoms with van der Waals surface area (Å²) in [6.07, 6.45) is 6.76. The Morgan fingerprint density at radius 1 is 1.19 bits per heavy atom. The molecule has 1 saturated carbocycles. The lowest BCUT2D eigenvalue weighted by molar-refractivity contribution is -0.122. The number of hydrogen-bond donors (Lipinski definition) is 2. The molecule has 2 rings (SSSR count). The average molecular weight is 401 g/mol. The Bertz CT molecular complexity index is 625. The number of amides is 1. The van der Waals surface area contributed by atoms with E-state index >= 15 is 0 Å². The lowest BCUT2D eigenvalue weighted by atomic mass is 9.87. The van der Waals surface area contributed by atoms with Crippen LogP contribution in [0.4, 0.5) is 0 Å². The number of guanidine groups is 1. The molecule has 8 heteroatoms.